The van der Waals surface area contributed by atoms with Gasteiger partial charge in [-0.05, 0) is 13.0 Å². The monoisotopic (exact) mass is 189 g/mol. The van der Waals surface area contributed by atoms with Crippen LogP contribution in [0.3, 0.4) is 0 Å². The summed E-state index contributed by atoms with van der Waals surface area (Å²) in [5, 5.41) is 27.9. The summed E-state index contributed by atoms with van der Waals surface area (Å²) in [7, 11) is 0. The molecule has 13 heavy (non-hydrogen) atoms. The average Bonchev–Trinajstić information content (AvgIpc) is 2.11. The van der Waals surface area contributed by atoms with Crippen LogP contribution in [-0.2, 0) is 0 Å². The Morgan fingerprint density at radius 1 is 1.31 bits per heavy atom. The van der Waals surface area contributed by atoms with Gasteiger partial charge in [-0.2, -0.15) is 0 Å². The van der Waals surface area contributed by atoms with E-state index >= 15 is 0 Å². The molecule has 3 atom stereocenters. The van der Waals surface area contributed by atoms with Crippen LogP contribution in [0, 0.1) is 5.92 Å². The lowest BCUT2D eigenvalue weighted by molar-refractivity contribution is -0.0859. The van der Waals surface area contributed by atoms with Gasteiger partial charge in [0, 0.05) is 25.6 Å². The molecular formula is C9H19NO3. The van der Waals surface area contributed by atoms with Crippen LogP contribution in [0.5, 0.6) is 0 Å². The first kappa shape index (κ1) is 10.9. The van der Waals surface area contributed by atoms with Crippen LogP contribution in [0.1, 0.15) is 13.3 Å². The van der Waals surface area contributed by atoms with E-state index in [1.807, 2.05) is 0 Å². The molecule has 1 aliphatic rings. The zero-order chi connectivity index (χ0) is 9.84. The Morgan fingerprint density at radius 2 is 2.00 bits per heavy atom. The molecule has 0 spiro atoms. The summed E-state index contributed by atoms with van der Waals surface area (Å²) < 4.78 is 0. The minimum Gasteiger partial charge on any atom is -0.396 e. The summed E-state index contributed by atoms with van der Waals surface area (Å²) in [6, 6.07) is 0. The van der Waals surface area contributed by atoms with Crippen molar-refractivity contribution in [2.45, 2.75) is 25.6 Å². The number of nitrogens with zero attached hydrogens (tertiary/aromatic N) is 1. The normalized spacial score (nSPS) is 36.5. The van der Waals surface area contributed by atoms with Gasteiger partial charge in [-0.1, -0.05) is 6.92 Å². The minimum absolute atomic E-state index is 0.0571. The van der Waals surface area contributed by atoms with E-state index in [4.69, 9.17) is 5.11 Å². The molecular weight excluding hydrogens is 170 g/mol. The molecule has 1 heterocycles. The SMILES string of the molecule is CCCN1C[C@@H](CO)[C@H](O)[C@@H](O)C1. The molecule has 1 aliphatic heterocycles. The molecule has 0 saturated carbocycles. The van der Waals surface area contributed by atoms with Gasteiger partial charge in [0.15, 0.2) is 0 Å². The van der Waals surface area contributed by atoms with E-state index in [9.17, 15) is 10.2 Å². The molecule has 1 saturated heterocycles. The standard InChI is InChI=1S/C9H19NO3/c1-2-3-10-4-7(6-11)9(13)8(12)5-10/h7-9,11-13H,2-6H2,1H3/t7-,8-,9-/m0/s1. The Morgan fingerprint density at radius 3 is 2.54 bits per heavy atom. The first-order valence-corrected chi connectivity index (χ1v) is 4.88. The molecule has 0 bridgehead atoms. The van der Waals surface area contributed by atoms with E-state index < -0.39 is 12.2 Å². The van der Waals surface area contributed by atoms with Crippen LogP contribution in [0.2, 0.25) is 0 Å². The lowest BCUT2D eigenvalue weighted by Gasteiger charge is -2.38. The first-order chi connectivity index (χ1) is 6.19. The maximum Gasteiger partial charge on any atom is 0.0929 e. The predicted molar refractivity (Wildman–Crippen MR) is 49.3 cm³/mol. The highest BCUT2D eigenvalue weighted by Gasteiger charge is 2.33. The van der Waals surface area contributed by atoms with Gasteiger partial charge in [0.05, 0.1) is 12.2 Å². The van der Waals surface area contributed by atoms with Crippen LogP contribution in [0.25, 0.3) is 0 Å². The fraction of sp³-hybridized carbons (Fsp3) is 1.00. The van der Waals surface area contributed by atoms with Crippen molar-refractivity contribution in [1.82, 2.24) is 4.90 Å². The van der Waals surface area contributed by atoms with E-state index in [2.05, 4.69) is 11.8 Å². The van der Waals surface area contributed by atoms with Crippen molar-refractivity contribution in [3.63, 3.8) is 0 Å². The minimum atomic E-state index is -0.766. The Balaban J connectivity index is 2.47. The van der Waals surface area contributed by atoms with Crippen molar-refractivity contribution < 1.29 is 15.3 Å². The number of hydrogen-bond donors (Lipinski definition) is 3. The summed E-state index contributed by atoms with van der Waals surface area (Å²) in [4.78, 5) is 2.08. The summed E-state index contributed by atoms with van der Waals surface area (Å²) in [6.45, 7) is 4.14. The van der Waals surface area contributed by atoms with Gasteiger partial charge in [0.1, 0.15) is 0 Å². The van der Waals surface area contributed by atoms with Crippen LogP contribution in [-0.4, -0.2) is 58.7 Å². The highest BCUT2D eigenvalue weighted by molar-refractivity contribution is 4.85. The number of β-amino-alcohol motifs (C(OH)–C–C–N with tert-alkyl or cyclic N) is 1. The van der Waals surface area contributed by atoms with Crippen molar-refractivity contribution in [1.29, 1.82) is 0 Å². The van der Waals surface area contributed by atoms with E-state index in [-0.39, 0.29) is 12.5 Å². The van der Waals surface area contributed by atoms with Gasteiger partial charge >= 0.3 is 0 Å². The van der Waals surface area contributed by atoms with Gasteiger partial charge in [0.25, 0.3) is 0 Å². The van der Waals surface area contributed by atoms with Crippen molar-refractivity contribution >= 4 is 0 Å². The molecule has 0 aromatic heterocycles. The number of piperidine rings is 1. The van der Waals surface area contributed by atoms with Gasteiger partial charge < -0.3 is 20.2 Å². The highest BCUT2D eigenvalue weighted by Crippen LogP contribution is 2.17. The van der Waals surface area contributed by atoms with Crippen LogP contribution in [0.15, 0.2) is 0 Å². The molecule has 0 aliphatic carbocycles. The summed E-state index contributed by atoms with van der Waals surface area (Å²) >= 11 is 0. The second-order valence-electron chi connectivity index (χ2n) is 3.76. The Bertz CT molecular complexity index is 154. The lowest BCUT2D eigenvalue weighted by atomic mass is 9.93. The molecule has 4 nitrogen and oxygen atoms in total. The topological polar surface area (TPSA) is 63.9 Å². The van der Waals surface area contributed by atoms with Crippen molar-refractivity contribution in [3.05, 3.63) is 0 Å². The molecule has 0 amide bonds. The summed E-state index contributed by atoms with van der Waals surface area (Å²) in [5.41, 5.74) is 0. The molecule has 0 unspecified atom stereocenters. The van der Waals surface area contributed by atoms with Gasteiger partial charge in [-0.15, -0.1) is 0 Å². The van der Waals surface area contributed by atoms with Gasteiger partial charge in [-0.3, -0.25) is 0 Å². The van der Waals surface area contributed by atoms with Crippen LogP contribution < -0.4 is 0 Å². The third kappa shape index (κ3) is 2.64. The van der Waals surface area contributed by atoms with Crippen molar-refractivity contribution in [2.75, 3.05) is 26.2 Å². The smallest absolute Gasteiger partial charge is 0.0929 e. The van der Waals surface area contributed by atoms with Crippen LogP contribution >= 0.6 is 0 Å². The van der Waals surface area contributed by atoms with Gasteiger partial charge in [0.2, 0.25) is 0 Å². The maximum atomic E-state index is 9.49. The number of hydrogen-bond acceptors (Lipinski definition) is 4. The van der Waals surface area contributed by atoms with Crippen LogP contribution in [0.4, 0.5) is 0 Å². The van der Waals surface area contributed by atoms with E-state index in [1.54, 1.807) is 0 Å². The Labute approximate surface area is 78.8 Å². The molecule has 0 aromatic rings. The van der Waals surface area contributed by atoms with E-state index in [1.165, 1.54) is 0 Å². The van der Waals surface area contributed by atoms with E-state index in [0.29, 0.717) is 13.1 Å². The number of aliphatic hydroxyl groups is 3. The molecule has 1 fully saturated rings. The molecule has 0 radical (unpaired) electrons. The second kappa shape index (κ2) is 4.91. The zero-order valence-corrected chi connectivity index (χ0v) is 8.06. The number of likely N-dealkylation sites (tertiary alicyclic amines) is 1. The molecule has 1 rings (SSSR count). The highest BCUT2D eigenvalue weighted by atomic mass is 16.3. The lowest BCUT2D eigenvalue weighted by Crippen LogP contribution is -2.53. The molecule has 4 heteroatoms. The van der Waals surface area contributed by atoms with Crippen molar-refractivity contribution in [3.8, 4) is 0 Å². The molecule has 0 aromatic carbocycles. The zero-order valence-electron chi connectivity index (χ0n) is 8.06. The largest absolute Gasteiger partial charge is 0.396 e. The Hall–Kier alpha value is -0.160. The second-order valence-corrected chi connectivity index (χ2v) is 3.76. The first-order valence-electron chi connectivity index (χ1n) is 4.88. The fourth-order valence-electron chi connectivity index (χ4n) is 1.87. The number of aliphatic hydroxyl groups excluding tert-OH is 3. The summed E-state index contributed by atoms with van der Waals surface area (Å²) in [5.74, 6) is -0.199. The van der Waals surface area contributed by atoms with Gasteiger partial charge in [-0.25, -0.2) is 0 Å². The third-order valence-electron chi connectivity index (χ3n) is 2.59. The van der Waals surface area contributed by atoms with E-state index in [0.717, 1.165) is 13.0 Å². The fourth-order valence-corrected chi connectivity index (χ4v) is 1.87. The Kier molecular flexibility index (Phi) is 4.12. The maximum absolute atomic E-state index is 9.49. The predicted octanol–water partition coefficient (Wildman–Crippen LogP) is -0.958. The van der Waals surface area contributed by atoms with Crippen molar-refractivity contribution in [2.24, 2.45) is 5.92 Å². The average molecular weight is 189 g/mol. The quantitative estimate of drug-likeness (QED) is 0.535. The molecule has 3 N–H and O–H groups in total. The number of rotatable bonds is 3. The third-order valence-corrected chi connectivity index (χ3v) is 2.59. The molecule has 78 valence electrons. The summed E-state index contributed by atoms with van der Waals surface area (Å²) in [6.07, 6.45) is -0.448.